The summed E-state index contributed by atoms with van der Waals surface area (Å²) >= 11 is 0. The average molecular weight is 384 g/mol. The lowest BCUT2D eigenvalue weighted by atomic mass is 9.80. The number of fused-ring (bicyclic) bond motifs is 2. The molecule has 0 aromatic heterocycles. The normalized spacial score (nSPS) is 25.2. The highest BCUT2D eigenvalue weighted by Crippen LogP contribution is 2.47. The van der Waals surface area contributed by atoms with E-state index < -0.39 is 12.1 Å². The molecule has 4 rings (SSSR count). The van der Waals surface area contributed by atoms with Crippen LogP contribution in [0.5, 0.6) is 0 Å². The molecule has 1 saturated heterocycles. The van der Waals surface area contributed by atoms with Crippen molar-refractivity contribution < 1.29 is 27.9 Å². The highest BCUT2D eigenvalue weighted by molar-refractivity contribution is 6.08. The molecule has 5 nitrogen and oxygen atoms in total. The Hall–Kier alpha value is -2.09. The van der Waals surface area contributed by atoms with Crippen LogP contribution in [0.15, 0.2) is 24.3 Å². The summed E-state index contributed by atoms with van der Waals surface area (Å²) in [6.07, 6.45) is 0.0654. The number of amides is 1. The predicted octanol–water partition coefficient (Wildman–Crippen LogP) is 3.04. The van der Waals surface area contributed by atoms with Crippen molar-refractivity contribution in [3.05, 3.63) is 29.8 Å². The molecule has 1 aromatic rings. The topological polar surface area (TPSA) is 60.9 Å². The van der Waals surface area contributed by atoms with Crippen LogP contribution in [-0.4, -0.2) is 54.7 Å². The third-order valence-corrected chi connectivity index (χ3v) is 5.83. The predicted molar refractivity (Wildman–Crippen MR) is 93.6 cm³/mol. The molecule has 1 atom stereocenters. The Kier molecular flexibility index (Phi) is 5.20. The van der Waals surface area contributed by atoms with Gasteiger partial charge < -0.3 is 14.9 Å². The van der Waals surface area contributed by atoms with Crippen molar-refractivity contribution in [2.75, 3.05) is 31.6 Å². The van der Waals surface area contributed by atoms with Gasteiger partial charge in [-0.1, -0.05) is 24.6 Å². The SMILES string of the molecule is CN1C(=O)C2(CCN(CC3CCC3)C2)c2ccccc21.O=C(O)C(F)(F)F. The molecule has 0 bridgehead atoms. The van der Waals surface area contributed by atoms with Crippen LogP contribution in [0.2, 0.25) is 0 Å². The maximum atomic E-state index is 12.8. The van der Waals surface area contributed by atoms with Gasteiger partial charge in [-0.05, 0) is 43.4 Å². The fourth-order valence-electron chi connectivity index (χ4n) is 4.20. The number of para-hydroxylation sites is 1. The second-order valence-electron chi connectivity index (χ2n) is 7.55. The van der Waals surface area contributed by atoms with Crippen LogP contribution >= 0.6 is 0 Å². The van der Waals surface area contributed by atoms with E-state index in [4.69, 9.17) is 9.90 Å². The molecule has 2 aliphatic heterocycles. The van der Waals surface area contributed by atoms with Gasteiger partial charge in [0.15, 0.2) is 0 Å². The van der Waals surface area contributed by atoms with Crippen molar-refractivity contribution in [2.24, 2.45) is 5.92 Å². The fraction of sp³-hybridized carbons (Fsp3) is 0.579. The number of rotatable bonds is 2. The molecule has 1 spiro atoms. The van der Waals surface area contributed by atoms with Crippen molar-refractivity contribution in [3.63, 3.8) is 0 Å². The van der Waals surface area contributed by atoms with Gasteiger partial charge in [-0.15, -0.1) is 0 Å². The second kappa shape index (κ2) is 7.14. The maximum absolute atomic E-state index is 12.8. The maximum Gasteiger partial charge on any atom is 0.490 e. The Bertz CT molecular complexity index is 733. The van der Waals surface area contributed by atoms with Gasteiger partial charge in [0.1, 0.15) is 0 Å². The monoisotopic (exact) mass is 384 g/mol. The smallest absolute Gasteiger partial charge is 0.475 e. The average Bonchev–Trinajstić information content (AvgIpc) is 3.09. The summed E-state index contributed by atoms with van der Waals surface area (Å²) in [6, 6.07) is 8.34. The van der Waals surface area contributed by atoms with Gasteiger partial charge >= 0.3 is 12.1 Å². The summed E-state index contributed by atoms with van der Waals surface area (Å²) in [5, 5.41) is 7.12. The Balaban J connectivity index is 0.000000260. The molecule has 1 N–H and O–H groups in total. The number of likely N-dealkylation sites (tertiary alicyclic amines) is 1. The van der Waals surface area contributed by atoms with Crippen LogP contribution in [0.3, 0.4) is 0 Å². The first kappa shape index (κ1) is 19.7. The lowest BCUT2D eigenvalue weighted by molar-refractivity contribution is -0.192. The lowest BCUT2D eigenvalue weighted by Crippen LogP contribution is -2.42. The highest BCUT2D eigenvalue weighted by atomic mass is 19.4. The van der Waals surface area contributed by atoms with E-state index in [1.807, 2.05) is 18.0 Å². The minimum absolute atomic E-state index is 0.255. The van der Waals surface area contributed by atoms with Gasteiger partial charge in [0, 0.05) is 25.8 Å². The first-order valence-electron chi connectivity index (χ1n) is 9.05. The first-order chi connectivity index (χ1) is 12.6. The van der Waals surface area contributed by atoms with E-state index in [-0.39, 0.29) is 5.41 Å². The van der Waals surface area contributed by atoms with Gasteiger partial charge in [0.2, 0.25) is 5.91 Å². The number of benzene rings is 1. The zero-order chi connectivity index (χ0) is 19.8. The number of hydrogen-bond donors (Lipinski definition) is 1. The van der Waals surface area contributed by atoms with Crippen LogP contribution in [0.4, 0.5) is 18.9 Å². The quantitative estimate of drug-likeness (QED) is 0.852. The summed E-state index contributed by atoms with van der Waals surface area (Å²) in [5.74, 6) is -1.57. The summed E-state index contributed by atoms with van der Waals surface area (Å²) in [5.41, 5.74) is 2.11. The molecule has 3 aliphatic rings. The molecule has 27 heavy (non-hydrogen) atoms. The summed E-state index contributed by atoms with van der Waals surface area (Å²) in [6.45, 7) is 3.19. The molecule has 148 valence electrons. The highest BCUT2D eigenvalue weighted by Gasteiger charge is 2.53. The number of nitrogens with zero attached hydrogens (tertiary/aromatic N) is 2. The van der Waals surface area contributed by atoms with E-state index in [2.05, 4.69) is 23.1 Å². The number of carbonyl (C=O) groups is 2. The molecular formula is C19H23F3N2O3. The number of carboxylic acids is 1. The molecule has 2 heterocycles. The number of carbonyl (C=O) groups excluding carboxylic acids is 1. The lowest BCUT2D eigenvalue weighted by Gasteiger charge is -2.31. The van der Waals surface area contributed by atoms with Gasteiger partial charge in [0.05, 0.1) is 5.41 Å². The Morgan fingerprint density at radius 3 is 2.48 bits per heavy atom. The summed E-state index contributed by atoms with van der Waals surface area (Å²) < 4.78 is 31.7. The summed E-state index contributed by atoms with van der Waals surface area (Å²) in [4.78, 5) is 26.1. The Morgan fingerprint density at radius 2 is 1.93 bits per heavy atom. The Labute approximate surface area is 155 Å². The number of hydrogen-bond acceptors (Lipinski definition) is 3. The zero-order valence-electron chi connectivity index (χ0n) is 15.1. The number of anilines is 1. The minimum atomic E-state index is -5.08. The van der Waals surface area contributed by atoms with Gasteiger partial charge in [-0.3, -0.25) is 4.79 Å². The van der Waals surface area contributed by atoms with Crippen molar-refractivity contribution in [3.8, 4) is 0 Å². The first-order valence-corrected chi connectivity index (χ1v) is 9.05. The van der Waals surface area contributed by atoms with Crippen molar-refractivity contribution in [2.45, 2.75) is 37.3 Å². The number of aliphatic carboxylic acids is 1. The molecule has 2 fully saturated rings. The number of likely N-dealkylation sites (N-methyl/N-ethyl adjacent to an activating group) is 1. The number of halogens is 3. The molecule has 0 radical (unpaired) electrons. The van der Waals surface area contributed by atoms with Gasteiger partial charge in [0.25, 0.3) is 0 Å². The molecule has 1 amide bonds. The van der Waals surface area contributed by atoms with E-state index in [9.17, 15) is 18.0 Å². The second-order valence-corrected chi connectivity index (χ2v) is 7.55. The third-order valence-electron chi connectivity index (χ3n) is 5.83. The van der Waals surface area contributed by atoms with E-state index >= 15 is 0 Å². The zero-order valence-corrected chi connectivity index (χ0v) is 15.1. The van der Waals surface area contributed by atoms with E-state index in [1.165, 1.54) is 31.4 Å². The molecule has 1 aliphatic carbocycles. The fourth-order valence-corrected chi connectivity index (χ4v) is 4.20. The van der Waals surface area contributed by atoms with Crippen molar-refractivity contribution in [1.82, 2.24) is 4.90 Å². The van der Waals surface area contributed by atoms with Crippen LogP contribution < -0.4 is 4.90 Å². The standard InChI is InChI=1S/C17H22N2O.C2HF3O2/c1-18-15-8-3-2-7-14(15)17(16(18)20)9-10-19(12-17)11-13-5-4-6-13;3-2(4,5)1(6)7/h2-3,7-8,13H,4-6,9-12H2,1H3;(H,6,7). The minimum Gasteiger partial charge on any atom is -0.475 e. The third kappa shape index (κ3) is 3.67. The van der Waals surface area contributed by atoms with Crippen LogP contribution in [0, 0.1) is 5.92 Å². The number of alkyl halides is 3. The molecule has 8 heteroatoms. The van der Waals surface area contributed by atoms with Crippen molar-refractivity contribution >= 4 is 17.6 Å². The van der Waals surface area contributed by atoms with E-state index in [0.717, 1.165) is 31.1 Å². The van der Waals surface area contributed by atoms with Crippen molar-refractivity contribution in [1.29, 1.82) is 0 Å². The van der Waals surface area contributed by atoms with Crippen LogP contribution in [-0.2, 0) is 15.0 Å². The number of carboxylic acid groups (broad SMARTS) is 1. The van der Waals surface area contributed by atoms with Crippen LogP contribution in [0.25, 0.3) is 0 Å². The molecular weight excluding hydrogens is 361 g/mol. The summed E-state index contributed by atoms with van der Waals surface area (Å²) in [7, 11) is 1.92. The largest absolute Gasteiger partial charge is 0.490 e. The molecule has 1 unspecified atom stereocenters. The Morgan fingerprint density at radius 1 is 1.30 bits per heavy atom. The van der Waals surface area contributed by atoms with E-state index in [1.54, 1.807) is 0 Å². The van der Waals surface area contributed by atoms with E-state index in [0.29, 0.717) is 5.91 Å². The van der Waals surface area contributed by atoms with Crippen LogP contribution in [0.1, 0.15) is 31.2 Å². The van der Waals surface area contributed by atoms with Gasteiger partial charge in [-0.25, -0.2) is 4.79 Å². The van der Waals surface area contributed by atoms with Gasteiger partial charge in [-0.2, -0.15) is 13.2 Å². The molecule has 1 aromatic carbocycles. The molecule has 1 saturated carbocycles.